The summed E-state index contributed by atoms with van der Waals surface area (Å²) < 4.78 is 28.3. The number of nitrogens with one attached hydrogen (secondary N) is 2. The molecule has 1 aliphatic rings. The van der Waals surface area contributed by atoms with Crippen molar-refractivity contribution in [2.45, 2.75) is 32.7 Å². The van der Waals surface area contributed by atoms with Gasteiger partial charge in [0.25, 0.3) is 0 Å². The van der Waals surface area contributed by atoms with E-state index in [2.05, 4.69) is 40.4 Å². The minimum absolute atomic E-state index is 0.139. The fourth-order valence-corrected chi connectivity index (χ4v) is 4.17. The fourth-order valence-electron chi connectivity index (χ4n) is 3.25. The van der Waals surface area contributed by atoms with Gasteiger partial charge >= 0.3 is 0 Å². The first-order valence-corrected chi connectivity index (χ1v) is 11.7. The summed E-state index contributed by atoms with van der Waals surface area (Å²) in [6.45, 7) is 6.62. The number of methoxy groups -OCH3 is 1. The molecule has 2 rings (SSSR count). The van der Waals surface area contributed by atoms with Gasteiger partial charge in [0.15, 0.2) is 5.96 Å². The standard InChI is InChI=1S/C20H34N4O3S/c1-20(2,11-13-28(5,25)26)15-22-19(21-3)23-16-10-12-24(14-16)17-8-6-7-9-18(17)27-4/h6-9,16H,10-15H2,1-5H3,(H2,21,22,23). The monoisotopic (exact) mass is 410 g/mol. The third-order valence-electron chi connectivity index (χ3n) is 5.06. The summed E-state index contributed by atoms with van der Waals surface area (Å²) in [5, 5.41) is 6.84. The van der Waals surface area contributed by atoms with E-state index in [1.54, 1.807) is 14.2 Å². The Morgan fingerprint density at radius 2 is 2.07 bits per heavy atom. The first-order chi connectivity index (χ1) is 13.1. The average Bonchev–Trinajstić information content (AvgIpc) is 3.11. The number of hydrogen-bond acceptors (Lipinski definition) is 5. The number of guanidine groups is 1. The lowest BCUT2D eigenvalue weighted by Gasteiger charge is -2.27. The average molecular weight is 411 g/mol. The number of sulfone groups is 1. The van der Waals surface area contributed by atoms with Crippen molar-refractivity contribution in [1.29, 1.82) is 0 Å². The van der Waals surface area contributed by atoms with Crippen LogP contribution in [0, 0.1) is 5.41 Å². The molecule has 1 aromatic rings. The van der Waals surface area contributed by atoms with E-state index in [4.69, 9.17) is 4.74 Å². The Balaban J connectivity index is 1.87. The van der Waals surface area contributed by atoms with Gasteiger partial charge in [0.1, 0.15) is 15.6 Å². The molecule has 0 aliphatic carbocycles. The topological polar surface area (TPSA) is 83.0 Å². The number of hydrogen-bond donors (Lipinski definition) is 2. The third-order valence-corrected chi connectivity index (χ3v) is 6.01. The van der Waals surface area contributed by atoms with E-state index < -0.39 is 9.84 Å². The Morgan fingerprint density at radius 3 is 2.71 bits per heavy atom. The molecule has 28 heavy (non-hydrogen) atoms. The minimum Gasteiger partial charge on any atom is -0.495 e. The highest BCUT2D eigenvalue weighted by atomic mass is 32.2. The van der Waals surface area contributed by atoms with Gasteiger partial charge in [-0.15, -0.1) is 0 Å². The highest BCUT2D eigenvalue weighted by Crippen LogP contribution is 2.30. The van der Waals surface area contributed by atoms with Gasteiger partial charge in [-0.1, -0.05) is 26.0 Å². The van der Waals surface area contributed by atoms with Crippen LogP contribution in [0.5, 0.6) is 5.75 Å². The predicted molar refractivity (Wildman–Crippen MR) is 116 cm³/mol. The Bertz CT molecular complexity index is 777. The first kappa shape index (κ1) is 22.3. The van der Waals surface area contributed by atoms with Crippen molar-refractivity contribution in [1.82, 2.24) is 10.6 Å². The summed E-state index contributed by atoms with van der Waals surface area (Å²) in [5.41, 5.74) is 0.971. The number of benzene rings is 1. The van der Waals surface area contributed by atoms with E-state index in [1.807, 2.05) is 18.2 Å². The van der Waals surface area contributed by atoms with Crippen LogP contribution in [-0.2, 0) is 9.84 Å². The number of ether oxygens (including phenoxy) is 1. The number of nitrogens with zero attached hydrogens (tertiary/aromatic N) is 2. The molecule has 1 fully saturated rings. The first-order valence-electron chi connectivity index (χ1n) is 9.66. The number of rotatable bonds is 8. The summed E-state index contributed by atoms with van der Waals surface area (Å²) in [7, 11) is 0.504. The minimum atomic E-state index is -2.95. The highest BCUT2D eigenvalue weighted by Gasteiger charge is 2.26. The van der Waals surface area contributed by atoms with Gasteiger partial charge < -0.3 is 20.3 Å². The quantitative estimate of drug-likeness (QED) is 0.503. The van der Waals surface area contributed by atoms with E-state index in [-0.39, 0.29) is 17.2 Å². The van der Waals surface area contributed by atoms with Gasteiger partial charge in [0.2, 0.25) is 0 Å². The van der Waals surface area contributed by atoms with E-state index in [1.165, 1.54) is 6.26 Å². The van der Waals surface area contributed by atoms with Crippen molar-refractivity contribution in [3.8, 4) is 5.75 Å². The summed E-state index contributed by atoms with van der Waals surface area (Å²) >= 11 is 0. The van der Waals surface area contributed by atoms with E-state index in [0.717, 1.165) is 36.9 Å². The SMILES string of the molecule is CN=C(NCC(C)(C)CCS(C)(=O)=O)NC1CCN(c2ccccc2OC)C1. The highest BCUT2D eigenvalue weighted by molar-refractivity contribution is 7.90. The van der Waals surface area contributed by atoms with Crippen LogP contribution >= 0.6 is 0 Å². The van der Waals surface area contributed by atoms with Crippen LogP contribution in [0.3, 0.4) is 0 Å². The molecule has 2 N–H and O–H groups in total. The lowest BCUT2D eigenvalue weighted by molar-refractivity contribution is 0.348. The molecule has 0 amide bonds. The second-order valence-electron chi connectivity index (χ2n) is 8.22. The largest absolute Gasteiger partial charge is 0.495 e. The van der Waals surface area contributed by atoms with Crippen molar-refractivity contribution in [2.24, 2.45) is 10.4 Å². The van der Waals surface area contributed by atoms with Crippen LogP contribution in [0.25, 0.3) is 0 Å². The molecular weight excluding hydrogens is 376 g/mol. The zero-order valence-corrected chi connectivity index (χ0v) is 18.5. The molecule has 1 heterocycles. The van der Waals surface area contributed by atoms with Crippen molar-refractivity contribution in [2.75, 3.05) is 50.7 Å². The molecule has 0 spiro atoms. The van der Waals surface area contributed by atoms with Crippen LogP contribution in [0.15, 0.2) is 29.3 Å². The molecule has 0 bridgehead atoms. The van der Waals surface area contributed by atoms with Crippen LogP contribution < -0.4 is 20.3 Å². The van der Waals surface area contributed by atoms with Gasteiger partial charge in [-0.3, -0.25) is 4.99 Å². The van der Waals surface area contributed by atoms with Crippen LogP contribution in [0.4, 0.5) is 5.69 Å². The van der Waals surface area contributed by atoms with Crippen LogP contribution in [-0.4, -0.2) is 66.2 Å². The maximum Gasteiger partial charge on any atom is 0.191 e. The molecule has 0 saturated carbocycles. The third kappa shape index (κ3) is 6.89. The number of para-hydroxylation sites is 2. The fraction of sp³-hybridized carbons (Fsp3) is 0.650. The lowest BCUT2D eigenvalue weighted by atomic mass is 9.90. The maximum absolute atomic E-state index is 11.4. The number of anilines is 1. The van der Waals surface area contributed by atoms with Gasteiger partial charge in [-0.2, -0.15) is 0 Å². The van der Waals surface area contributed by atoms with Gasteiger partial charge in [0, 0.05) is 39.0 Å². The molecule has 1 aromatic carbocycles. The molecule has 158 valence electrons. The molecular formula is C20H34N4O3S. The van der Waals surface area contributed by atoms with Gasteiger partial charge in [-0.25, -0.2) is 8.42 Å². The Labute approximate surface area is 169 Å². The van der Waals surface area contributed by atoms with Crippen molar-refractivity contribution in [3.63, 3.8) is 0 Å². The summed E-state index contributed by atoms with van der Waals surface area (Å²) in [6.07, 6.45) is 2.90. The smallest absolute Gasteiger partial charge is 0.191 e. The van der Waals surface area contributed by atoms with Crippen molar-refractivity contribution >= 4 is 21.5 Å². The molecule has 7 nitrogen and oxygen atoms in total. The van der Waals surface area contributed by atoms with Crippen LogP contribution in [0.2, 0.25) is 0 Å². The van der Waals surface area contributed by atoms with E-state index in [0.29, 0.717) is 13.0 Å². The lowest BCUT2D eigenvalue weighted by Crippen LogP contribution is -2.47. The second-order valence-corrected chi connectivity index (χ2v) is 10.5. The molecule has 1 unspecified atom stereocenters. The Morgan fingerprint density at radius 1 is 1.36 bits per heavy atom. The van der Waals surface area contributed by atoms with E-state index >= 15 is 0 Å². The normalized spacial score (nSPS) is 18.2. The second kappa shape index (κ2) is 9.49. The van der Waals surface area contributed by atoms with Gasteiger partial charge in [-0.05, 0) is 30.4 Å². The summed E-state index contributed by atoms with van der Waals surface area (Å²) in [5.74, 6) is 1.84. The maximum atomic E-state index is 11.4. The molecule has 0 aromatic heterocycles. The summed E-state index contributed by atoms with van der Waals surface area (Å²) in [4.78, 5) is 6.65. The molecule has 1 aliphatic heterocycles. The van der Waals surface area contributed by atoms with Crippen LogP contribution in [0.1, 0.15) is 26.7 Å². The predicted octanol–water partition coefficient (Wildman–Crippen LogP) is 1.90. The zero-order chi connectivity index (χ0) is 20.8. The zero-order valence-electron chi connectivity index (χ0n) is 17.7. The summed E-state index contributed by atoms with van der Waals surface area (Å²) in [6, 6.07) is 8.35. The number of aliphatic imine (C=N–C) groups is 1. The molecule has 0 radical (unpaired) electrons. The van der Waals surface area contributed by atoms with Crippen molar-refractivity contribution in [3.05, 3.63) is 24.3 Å². The van der Waals surface area contributed by atoms with E-state index in [9.17, 15) is 8.42 Å². The van der Waals surface area contributed by atoms with Gasteiger partial charge in [0.05, 0.1) is 18.6 Å². The molecule has 1 atom stereocenters. The Kier molecular flexibility index (Phi) is 7.57. The molecule has 8 heteroatoms. The molecule has 1 saturated heterocycles. The Hall–Kier alpha value is -1.96. The van der Waals surface area contributed by atoms with Crippen molar-refractivity contribution < 1.29 is 13.2 Å².